The van der Waals surface area contributed by atoms with Gasteiger partial charge in [-0.05, 0) is 50.6 Å². The summed E-state index contributed by atoms with van der Waals surface area (Å²) >= 11 is 0. The van der Waals surface area contributed by atoms with E-state index in [2.05, 4.69) is 41.0 Å². The van der Waals surface area contributed by atoms with Crippen LogP contribution in [0.4, 0.5) is 0 Å². The third-order valence-corrected chi connectivity index (χ3v) is 5.70. The lowest BCUT2D eigenvalue weighted by molar-refractivity contribution is -0.136. The predicted octanol–water partition coefficient (Wildman–Crippen LogP) is 2.83. The van der Waals surface area contributed by atoms with Gasteiger partial charge in [0.2, 0.25) is 5.91 Å². The minimum Gasteiger partial charge on any atom is -0.338 e. The number of hydrogen-bond donors (Lipinski definition) is 0. The Hall–Kier alpha value is -1.35. The normalized spacial score (nSPS) is 29.0. The van der Waals surface area contributed by atoms with Crippen LogP contribution >= 0.6 is 0 Å². The molecule has 3 heteroatoms. The van der Waals surface area contributed by atoms with Crippen LogP contribution in [0, 0.1) is 18.3 Å². The molecule has 0 N–H and O–H groups in total. The summed E-state index contributed by atoms with van der Waals surface area (Å²) in [4.78, 5) is 17.6. The van der Waals surface area contributed by atoms with E-state index in [0.29, 0.717) is 5.91 Å². The van der Waals surface area contributed by atoms with Gasteiger partial charge in [0.1, 0.15) is 0 Å². The van der Waals surface area contributed by atoms with Gasteiger partial charge in [0.25, 0.3) is 0 Å². The maximum absolute atomic E-state index is 13.0. The number of aryl methyl sites for hydroxylation is 1. The first-order chi connectivity index (χ1) is 10.6. The van der Waals surface area contributed by atoms with Crippen LogP contribution in [-0.4, -0.2) is 41.9 Å². The Balaban J connectivity index is 1.41. The maximum Gasteiger partial charge on any atom is 0.230 e. The molecule has 1 spiro atoms. The van der Waals surface area contributed by atoms with Crippen LogP contribution in [0.2, 0.25) is 0 Å². The fourth-order valence-electron chi connectivity index (χ4n) is 4.23. The molecule has 2 aliphatic heterocycles. The molecule has 2 heterocycles. The van der Waals surface area contributed by atoms with Crippen molar-refractivity contribution >= 4 is 5.91 Å². The number of hydrogen-bond acceptors (Lipinski definition) is 2. The van der Waals surface area contributed by atoms with Crippen LogP contribution in [0.25, 0.3) is 0 Å². The van der Waals surface area contributed by atoms with Crippen molar-refractivity contribution in [1.29, 1.82) is 0 Å². The van der Waals surface area contributed by atoms with E-state index in [1.54, 1.807) is 0 Å². The molecule has 2 saturated heterocycles. The summed E-state index contributed by atoms with van der Waals surface area (Å²) in [6.45, 7) is 7.19. The lowest BCUT2D eigenvalue weighted by atomic mass is 9.85. The molecule has 0 bridgehead atoms. The van der Waals surface area contributed by atoms with Crippen LogP contribution in [0.5, 0.6) is 0 Å². The number of rotatable bonds is 4. The van der Waals surface area contributed by atoms with Gasteiger partial charge in [-0.15, -0.1) is 0 Å². The zero-order chi connectivity index (χ0) is 15.2. The van der Waals surface area contributed by atoms with E-state index < -0.39 is 0 Å². The van der Waals surface area contributed by atoms with Crippen molar-refractivity contribution in [2.24, 2.45) is 11.3 Å². The van der Waals surface area contributed by atoms with Crippen LogP contribution in [-0.2, 0) is 11.3 Å². The molecule has 1 saturated carbocycles. The quantitative estimate of drug-likeness (QED) is 0.853. The van der Waals surface area contributed by atoms with E-state index >= 15 is 0 Å². The SMILES string of the molecule is Cc1cccc(CN2CC[C@]3(CCN(CC4CC4)C3)C2=O)c1. The zero-order valence-electron chi connectivity index (χ0n) is 13.6. The first-order valence-corrected chi connectivity index (χ1v) is 8.72. The largest absolute Gasteiger partial charge is 0.338 e. The Labute approximate surface area is 133 Å². The fourth-order valence-corrected chi connectivity index (χ4v) is 4.23. The van der Waals surface area contributed by atoms with Crippen molar-refractivity contribution in [3.05, 3.63) is 35.4 Å². The summed E-state index contributed by atoms with van der Waals surface area (Å²) in [7, 11) is 0. The molecule has 22 heavy (non-hydrogen) atoms. The lowest BCUT2D eigenvalue weighted by Gasteiger charge is -2.24. The van der Waals surface area contributed by atoms with Crippen molar-refractivity contribution in [2.75, 3.05) is 26.2 Å². The third kappa shape index (κ3) is 2.67. The van der Waals surface area contributed by atoms with Gasteiger partial charge in [0.05, 0.1) is 5.41 Å². The van der Waals surface area contributed by atoms with Crippen molar-refractivity contribution < 1.29 is 4.79 Å². The van der Waals surface area contributed by atoms with Gasteiger partial charge < -0.3 is 9.80 Å². The van der Waals surface area contributed by atoms with Crippen LogP contribution in [0.1, 0.15) is 36.8 Å². The second-order valence-corrected chi connectivity index (χ2v) is 7.67. The van der Waals surface area contributed by atoms with Gasteiger partial charge in [-0.2, -0.15) is 0 Å². The fraction of sp³-hybridized carbons (Fsp3) is 0.632. The molecular weight excluding hydrogens is 272 g/mol. The Kier molecular flexibility index (Phi) is 3.48. The Morgan fingerprint density at radius 3 is 2.82 bits per heavy atom. The average Bonchev–Trinajstić information content (AvgIpc) is 3.14. The van der Waals surface area contributed by atoms with Gasteiger partial charge in [-0.1, -0.05) is 29.8 Å². The van der Waals surface area contributed by atoms with Crippen molar-refractivity contribution in [2.45, 2.75) is 39.2 Å². The van der Waals surface area contributed by atoms with E-state index in [1.165, 1.54) is 30.5 Å². The number of likely N-dealkylation sites (tertiary alicyclic amines) is 2. The zero-order valence-corrected chi connectivity index (χ0v) is 13.6. The molecule has 1 aromatic carbocycles. The van der Waals surface area contributed by atoms with Crippen LogP contribution in [0.15, 0.2) is 24.3 Å². The highest BCUT2D eigenvalue weighted by molar-refractivity contribution is 5.85. The summed E-state index contributed by atoms with van der Waals surface area (Å²) in [6.07, 6.45) is 4.93. The Morgan fingerprint density at radius 1 is 1.23 bits per heavy atom. The molecule has 4 rings (SSSR count). The number of carbonyl (C=O) groups is 1. The van der Waals surface area contributed by atoms with Gasteiger partial charge >= 0.3 is 0 Å². The summed E-state index contributed by atoms with van der Waals surface area (Å²) in [5, 5.41) is 0. The maximum atomic E-state index is 13.0. The highest BCUT2D eigenvalue weighted by Crippen LogP contribution is 2.42. The minimum absolute atomic E-state index is 0.0568. The monoisotopic (exact) mass is 298 g/mol. The molecule has 1 aliphatic carbocycles. The molecule has 3 aliphatic rings. The van der Waals surface area contributed by atoms with Gasteiger partial charge in [-0.3, -0.25) is 4.79 Å². The molecule has 1 amide bonds. The minimum atomic E-state index is -0.0568. The molecule has 118 valence electrons. The molecule has 1 atom stereocenters. The molecule has 0 radical (unpaired) electrons. The van der Waals surface area contributed by atoms with Gasteiger partial charge in [-0.25, -0.2) is 0 Å². The summed E-state index contributed by atoms with van der Waals surface area (Å²) in [5.74, 6) is 1.34. The molecule has 0 aromatic heterocycles. The first-order valence-electron chi connectivity index (χ1n) is 8.72. The predicted molar refractivity (Wildman–Crippen MR) is 87.4 cm³/mol. The van der Waals surface area contributed by atoms with E-state index in [4.69, 9.17) is 0 Å². The van der Waals surface area contributed by atoms with Crippen molar-refractivity contribution in [3.8, 4) is 0 Å². The highest BCUT2D eigenvalue weighted by atomic mass is 16.2. The van der Waals surface area contributed by atoms with E-state index in [9.17, 15) is 4.79 Å². The highest BCUT2D eigenvalue weighted by Gasteiger charge is 2.50. The number of amides is 1. The molecule has 0 unspecified atom stereocenters. The lowest BCUT2D eigenvalue weighted by Crippen LogP contribution is -2.37. The number of benzene rings is 1. The Morgan fingerprint density at radius 2 is 2.05 bits per heavy atom. The summed E-state index contributed by atoms with van der Waals surface area (Å²) in [6, 6.07) is 8.54. The number of carbonyl (C=O) groups excluding carboxylic acids is 1. The topological polar surface area (TPSA) is 23.6 Å². The van der Waals surface area contributed by atoms with Gasteiger partial charge in [0.15, 0.2) is 0 Å². The van der Waals surface area contributed by atoms with E-state index in [-0.39, 0.29) is 5.41 Å². The summed E-state index contributed by atoms with van der Waals surface area (Å²) in [5.41, 5.74) is 2.48. The van der Waals surface area contributed by atoms with Crippen LogP contribution < -0.4 is 0 Å². The smallest absolute Gasteiger partial charge is 0.230 e. The molecule has 1 aromatic rings. The third-order valence-electron chi connectivity index (χ3n) is 5.70. The van der Waals surface area contributed by atoms with Gasteiger partial charge in [0, 0.05) is 26.2 Å². The number of nitrogens with zero attached hydrogens (tertiary/aromatic N) is 2. The second-order valence-electron chi connectivity index (χ2n) is 7.67. The standard InChI is InChI=1S/C19H26N2O/c1-15-3-2-4-17(11-15)13-21-10-8-19(18(21)22)7-9-20(14-19)12-16-5-6-16/h2-4,11,16H,5-10,12-14H2,1H3/t19-/m0/s1. The molecular formula is C19H26N2O. The van der Waals surface area contributed by atoms with E-state index in [1.807, 2.05) is 0 Å². The summed E-state index contributed by atoms with van der Waals surface area (Å²) < 4.78 is 0. The van der Waals surface area contributed by atoms with Crippen molar-refractivity contribution in [1.82, 2.24) is 9.80 Å². The Bertz CT molecular complexity index is 581. The molecule has 3 nitrogen and oxygen atoms in total. The van der Waals surface area contributed by atoms with Crippen molar-refractivity contribution in [3.63, 3.8) is 0 Å². The average molecular weight is 298 g/mol. The van der Waals surface area contributed by atoms with E-state index in [0.717, 1.165) is 44.9 Å². The second kappa shape index (κ2) is 5.38. The van der Waals surface area contributed by atoms with Crippen LogP contribution in [0.3, 0.4) is 0 Å². The first kappa shape index (κ1) is 14.3. The molecule has 3 fully saturated rings.